The van der Waals surface area contributed by atoms with E-state index in [1.165, 1.54) is 11.3 Å². The molecule has 0 saturated carbocycles. The number of hydrogen-bond acceptors (Lipinski definition) is 3. The van der Waals surface area contributed by atoms with Crippen molar-refractivity contribution >= 4 is 32.3 Å². The summed E-state index contributed by atoms with van der Waals surface area (Å²) < 4.78 is 0.487. The number of nitrogens with one attached hydrogen (secondary N) is 1. The third-order valence-corrected chi connectivity index (χ3v) is 3.45. The summed E-state index contributed by atoms with van der Waals surface area (Å²) in [5.41, 5.74) is 0.286. The number of benzene rings is 1. The van der Waals surface area contributed by atoms with Gasteiger partial charge in [0, 0.05) is 10.8 Å². The van der Waals surface area contributed by atoms with Crippen molar-refractivity contribution in [2.75, 3.05) is 0 Å². The number of fused-ring (bicyclic) bond motifs is 2. The van der Waals surface area contributed by atoms with Crippen LogP contribution in [-0.4, -0.2) is 4.98 Å². The Hall–Kier alpha value is -1.94. The van der Waals surface area contributed by atoms with Gasteiger partial charge in [0.25, 0.3) is 5.56 Å². The third kappa shape index (κ3) is 1.20. The van der Waals surface area contributed by atoms with Gasteiger partial charge in [0.2, 0.25) is 0 Å². The fraction of sp³-hybridized carbons (Fsp3) is 0. The van der Waals surface area contributed by atoms with Gasteiger partial charge in [-0.3, -0.25) is 9.59 Å². The molecule has 0 radical (unpaired) electrons. The Bertz CT molecular complexity index is 801. The van der Waals surface area contributed by atoms with E-state index >= 15 is 0 Å². The Morgan fingerprint density at radius 3 is 2.69 bits per heavy atom. The molecule has 16 heavy (non-hydrogen) atoms. The number of H-pyrrole nitrogens is 1. The van der Waals surface area contributed by atoms with Crippen molar-refractivity contribution in [3.63, 3.8) is 0 Å². The first kappa shape index (κ1) is 9.30. The summed E-state index contributed by atoms with van der Waals surface area (Å²) in [6.45, 7) is 0. The fourth-order valence-corrected chi connectivity index (χ4v) is 2.56. The molecule has 1 aromatic carbocycles. The summed E-state index contributed by atoms with van der Waals surface area (Å²) in [5.74, 6) is 0. The zero-order valence-corrected chi connectivity index (χ0v) is 9.01. The first-order valence-corrected chi connectivity index (χ1v) is 5.68. The molecule has 2 heterocycles. The molecule has 0 unspecified atom stereocenters. The van der Waals surface area contributed by atoms with Crippen LogP contribution in [-0.2, 0) is 0 Å². The van der Waals surface area contributed by atoms with Crippen LogP contribution < -0.4 is 11.0 Å². The summed E-state index contributed by atoms with van der Waals surface area (Å²) in [6.07, 6.45) is 0. The maximum absolute atomic E-state index is 12.1. The highest BCUT2D eigenvalue weighted by Gasteiger charge is 2.05. The van der Waals surface area contributed by atoms with E-state index in [0.717, 1.165) is 0 Å². The van der Waals surface area contributed by atoms with Crippen molar-refractivity contribution in [3.05, 3.63) is 56.3 Å². The van der Waals surface area contributed by atoms with Gasteiger partial charge in [-0.15, -0.1) is 11.3 Å². The minimum atomic E-state index is -0.205. The molecule has 0 aliphatic heterocycles. The van der Waals surface area contributed by atoms with Crippen molar-refractivity contribution in [3.8, 4) is 0 Å². The standard InChI is InChI=1S/C12H7NO2S/c14-10-7-3-1-2-4-9(7)13-12(15)11-8(10)5-6-16-11/h1-6H,(H,13,15). The maximum Gasteiger partial charge on any atom is 0.266 e. The van der Waals surface area contributed by atoms with Gasteiger partial charge >= 0.3 is 0 Å². The van der Waals surface area contributed by atoms with E-state index in [1.54, 1.807) is 35.7 Å². The smallest absolute Gasteiger partial charge is 0.266 e. The Labute approximate surface area is 94.0 Å². The molecule has 0 bridgehead atoms. The zero-order chi connectivity index (χ0) is 11.1. The van der Waals surface area contributed by atoms with Gasteiger partial charge in [0.15, 0.2) is 5.43 Å². The van der Waals surface area contributed by atoms with Gasteiger partial charge in [0.1, 0.15) is 4.70 Å². The number of para-hydroxylation sites is 1. The van der Waals surface area contributed by atoms with Gasteiger partial charge < -0.3 is 4.98 Å². The predicted octanol–water partition coefficient (Wildman–Crippen LogP) is 2.10. The van der Waals surface area contributed by atoms with Crippen molar-refractivity contribution in [1.29, 1.82) is 0 Å². The van der Waals surface area contributed by atoms with E-state index in [0.29, 0.717) is 21.0 Å². The van der Waals surface area contributed by atoms with Crippen LogP contribution in [0, 0.1) is 0 Å². The van der Waals surface area contributed by atoms with Crippen LogP contribution in [0.25, 0.3) is 21.0 Å². The lowest BCUT2D eigenvalue weighted by Crippen LogP contribution is -1.99. The van der Waals surface area contributed by atoms with Crippen LogP contribution in [0.3, 0.4) is 0 Å². The predicted molar refractivity (Wildman–Crippen MR) is 66.2 cm³/mol. The zero-order valence-electron chi connectivity index (χ0n) is 8.19. The molecule has 3 rings (SSSR count). The largest absolute Gasteiger partial charge is 0.321 e. The van der Waals surface area contributed by atoms with Gasteiger partial charge in [0.05, 0.1) is 5.52 Å². The SMILES string of the molecule is O=c1c2ccccc2[nH]c(=O)c2sccc12. The van der Waals surface area contributed by atoms with E-state index in [2.05, 4.69) is 4.98 Å². The van der Waals surface area contributed by atoms with Crippen molar-refractivity contribution < 1.29 is 0 Å². The molecule has 0 aliphatic rings. The average molecular weight is 229 g/mol. The summed E-state index contributed by atoms with van der Waals surface area (Å²) >= 11 is 1.29. The lowest BCUT2D eigenvalue weighted by molar-refractivity contribution is 1.37. The van der Waals surface area contributed by atoms with Gasteiger partial charge in [-0.05, 0) is 23.6 Å². The number of aromatic amines is 1. The van der Waals surface area contributed by atoms with Gasteiger partial charge in [-0.25, -0.2) is 0 Å². The fourth-order valence-electron chi connectivity index (χ4n) is 1.78. The Balaban J connectivity index is 2.80. The van der Waals surface area contributed by atoms with Crippen LogP contribution in [0.15, 0.2) is 45.3 Å². The van der Waals surface area contributed by atoms with E-state index in [9.17, 15) is 9.59 Å². The highest BCUT2D eigenvalue weighted by molar-refractivity contribution is 7.17. The van der Waals surface area contributed by atoms with Crippen molar-refractivity contribution in [2.24, 2.45) is 0 Å². The molecular weight excluding hydrogens is 222 g/mol. The molecule has 3 nitrogen and oxygen atoms in total. The maximum atomic E-state index is 12.1. The second-order valence-corrected chi connectivity index (χ2v) is 4.41. The highest BCUT2D eigenvalue weighted by Crippen LogP contribution is 2.14. The molecule has 0 fully saturated rings. The molecule has 0 aliphatic carbocycles. The van der Waals surface area contributed by atoms with Gasteiger partial charge in [-0.1, -0.05) is 12.1 Å². The molecule has 2 aromatic heterocycles. The normalized spacial score (nSPS) is 11.0. The van der Waals surface area contributed by atoms with Crippen LogP contribution in [0.5, 0.6) is 0 Å². The molecule has 1 N–H and O–H groups in total. The molecule has 4 heteroatoms. The summed E-state index contributed by atoms with van der Waals surface area (Å²) in [7, 11) is 0. The van der Waals surface area contributed by atoms with E-state index < -0.39 is 0 Å². The Kier molecular flexibility index (Phi) is 1.91. The topological polar surface area (TPSA) is 49.9 Å². The van der Waals surface area contributed by atoms with Crippen LogP contribution >= 0.6 is 11.3 Å². The molecule has 0 atom stereocenters. The van der Waals surface area contributed by atoms with E-state index in [1.807, 2.05) is 0 Å². The highest BCUT2D eigenvalue weighted by atomic mass is 32.1. The second kappa shape index (κ2) is 3.28. The summed E-state index contributed by atoms with van der Waals surface area (Å²) in [5, 5.41) is 2.80. The molecule has 3 aromatic rings. The summed E-state index contributed by atoms with van der Waals surface area (Å²) in [6, 6.07) is 8.75. The molecular formula is C12H7NO2S. The lowest BCUT2D eigenvalue weighted by atomic mass is 10.2. The molecule has 0 spiro atoms. The number of rotatable bonds is 0. The minimum Gasteiger partial charge on any atom is -0.321 e. The van der Waals surface area contributed by atoms with Crippen LogP contribution in [0.4, 0.5) is 0 Å². The van der Waals surface area contributed by atoms with E-state index in [4.69, 9.17) is 0 Å². The molecule has 78 valence electrons. The molecule has 0 amide bonds. The molecule has 0 saturated heterocycles. The minimum absolute atomic E-state index is 0.0924. The van der Waals surface area contributed by atoms with Gasteiger partial charge in [-0.2, -0.15) is 0 Å². The number of thiophene rings is 1. The van der Waals surface area contributed by atoms with Crippen molar-refractivity contribution in [1.82, 2.24) is 4.98 Å². The van der Waals surface area contributed by atoms with Crippen LogP contribution in [0.1, 0.15) is 0 Å². The van der Waals surface area contributed by atoms with Crippen molar-refractivity contribution in [2.45, 2.75) is 0 Å². The first-order chi connectivity index (χ1) is 7.77. The summed E-state index contributed by atoms with van der Waals surface area (Å²) in [4.78, 5) is 26.7. The average Bonchev–Trinajstić information content (AvgIpc) is 2.74. The quantitative estimate of drug-likeness (QED) is 0.641. The first-order valence-electron chi connectivity index (χ1n) is 4.80. The lowest BCUT2D eigenvalue weighted by Gasteiger charge is -1.88. The van der Waals surface area contributed by atoms with Crippen LogP contribution in [0.2, 0.25) is 0 Å². The third-order valence-electron chi connectivity index (χ3n) is 2.54. The Morgan fingerprint density at radius 1 is 1.00 bits per heavy atom. The second-order valence-electron chi connectivity index (χ2n) is 3.49. The monoisotopic (exact) mass is 229 g/mol. The number of aromatic nitrogens is 1. The Morgan fingerprint density at radius 2 is 1.81 bits per heavy atom. The number of hydrogen-bond donors (Lipinski definition) is 1. The van der Waals surface area contributed by atoms with E-state index in [-0.39, 0.29) is 11.0 Å².